The molecule has 0 radical (unpaired) electrons. The van der Waals surface area contributed by atoms with Gasteiger partial charge in [-0.15, -0.1) is 0 Å². The molecular weight excluding hydrogens is 278 g/mol. The minimum atomic E-state index is -0.0955. The first kappa shape index (κ1) is 14.0. The van der Waals surface area contributed by atoms with Crippen LogP contribution >= 0.6 is 11.6 Å². The fourth-order valence-electron chi connectivity index (χ4n) is 3.03. The van der Waals surface area contributed by atoms with Crippen LogP contribution in [0.3, 0.4) is 0 Å². The van der Waals surface area contributed by atoms with Gasteiger partial charge in [0.15, 0.2) is 0 Å². The second-order valence-corrected chi connectivity index (χ2v) is 5.95. The first-order chi connectivity index (χ1) is 9.71. The summed E-state index contributed by atoms with van der Waals surface area (Å²) >= 11 is 6.07. The summed E-state index contributed by atoms with van der Waals surface area (Å²) in [7, 11) is 1.67. The van der Waals surface area contributed by atoms with Crippen LogP contribution in [0.25, 0.3) is 0 Å². The first-order valence-corrected chi connectivity index (χ1v) is 7.40. The van der Waals surface area contributed by atoms with Crippen molar-refractivity contribution in [2.75, 3.05) is 32.2 Å². The Morgan fingerprint density at radius 2 is 2.30 bits per heavy atom. The first-order valence-electron chi connectivity index (χ1n) is 7.03. The van der Waals surface area contributed by atoms with E-state index in [1.54, 1.807) is 7.11 Å². The van der Waals surface area contributed by atoms with E-state index in [4.69, 9.17) is 25.8 Å². The Hall–Kier alpha value is -0.970. The molecule has 0 saturated carbocycles. The number of hydrogen-bond acceptors (Lipinski definition) is 4. The van der Waals surface area contributed by atoms with E-state index in [-0.39, 0.29) is 5.60 Å². The molecule has 5 heteroatoms. The Morgan fingerprint density at radius 3 is 3.05 bits per heavy atom. The molecule has 0 aliphatic carbocycles. The molecule has 0 aromatic heterocycles. The molecule has 2 atom stereocenters. The fourth-order valence-corrected chi connectivity index (χ4v) is 3.20. The van der Waals surface area contributed by atoms with Crippen LogP contribution in [-0.2, 0) is 9.47 Å². The maximum absolute atomic E-state index is 6.07. The smallest absolute Gasteiger partial charge is 0.142 e. The summed E-state index contributed by atoms with van der Waals surface area (Å²) in [5.41, 5.74) is 0.850. The maximum Gasteiger partial charge on any atom is 0.142 e. The van der Waals surface area contributed by atoms with Crippen molar-refractivity contribution >= 4 is 17.3 Å². The van der Waals surface area contributed by atoms with E-state index < -0.39 is 0 Å². The van der Waals surface area contributed by atoms with Gasteiger partial charge in [-0.05, 0) is 31.0 Å². The van der Waals surface area contributed by atoms with Crippen LogP contribution in [-0.4, -0.2) is 38.6 Å². The number of rotatable bonds is 3. The summed E-state index contributed by atoms with van der Waals surface area (Å²) in [6.07, 6.45) is 2.93. The molecule has 2 aliphatic heterocycles. The summed E-state index contributed by atoms with van der Waals surface area (Å²) < 4.78 is 16.8. The standard InChI is InChI=1S/C15H20ClNO3/c1-18-14-3-2-11(16)8-13(14)17-12-4-6-20-15(9-12)5-7-19-10-15/h2-3,8,12,17H,4-7,9-10H2,1H3. The fraction of sp³-hybridized carbons (Fsp3) is 0.600. The van der Waals surface area contributed by atoms with Crippen LogP contribution in [0.4, 0.5) is 5.69 Å². The Morgan fingerprint density at radius 1 is 1.40 bits per heavy atom. The zero-order valence-corrected chi connectivity index (χ0v) is 12.4. The van der Waals surface area contributed by atoms with Gasteiger partial charge in [0, 0.05) is 30.7 Å². The van der Waals surface area contributed by atoms with Gasteiger partial charge in [-0.3, -0.25) is 0 Å². The lowest BCUT2D eigenvalue weighted by Gasteiger charge is -2.37. The van der Waals surface area contributed by atoms with Gasteiger partial charge in [0.05, 0.1) is 25.0 Å². The molecule has 2 fully saturated rings. The van der Waals surface area contributed by atoms with Gasteiger partial charge >= 0.3 is 0 Å². The van der Waals surface area contributed by atoms with E-state index in [1.807, 2.05) is 18.2 Å². The number of halogens is 1. The van der Waals surface area contributed by atoms with Crippen molar-refractivity contribution in [1.82, 2.24) is 0 Å². The van der Waals surface area contributed by atoms with Crippen molar-refractivity contribution < 1.29 is 14.2 Å². The number of ether oxygens (including phenoxy) is 3. The number of nitrogens with one attached hydrogen (secondary N) is 1. The van der Waals surface area contributed by atoms with Crippen LogP contribution in [0, 0.1) is 0 Å². The lowest BCUT2D eigenvalue weighted by Crippen LogP contribution is -2.44. The van der Waals surface area contributed by atoms with Gasteiger partial charge in [0.25, 0.3) is 0 Å². The third-order valence-corrected chi connectivity index (χ3v) is 4.32. The van der Waals surface area contributed by atoms with Crippen LogP contribution in [0.15, 0.2) is 18.2 Å². The van der Waals surface area contributed by atoms with Crippen molar-refractivity contribution in [2.45, 2.75) is 30.9 Å². The molecule has 1 spiro atoms. The highest BCUT2D eigenvalue weighted by molar-refractivity contribution is 6.30. The Balaban J connectivity index is 1.72. The van der Waals surface area contributed by atoms with Crippen LogP contribution in [0.1, 0.15) is 19.3 Å². The zero-order valence-electron chi connectivity index (χ0n) is 11.7. The SMILES string of the molecule is COc1ccc(Cl)cc1NC1CCOC2(CCOC2)C1. The molecule has 1 aromatic rings. The summed E-state index contributed by atoms with van der Waals surface area (Å²) in [4.78, 5) is 0. The average molecular weight is 298 g/mol. The van der Waals surface area contributed by atoms with Gasteiger partial charge in [0.1, 0.15) is 5.75 Å². The third-order valence-electron chi connectivity index (χ3n) is 4.08. The highest BCUT2D eigenvalue weighted by Gasteiger charge is 2.41. The van der Waals surface area contributed by atoms with Crippen LogP contribution in [0.2, 0.25) is 5.02 Å². The maximum atomic E-state index is 6.07. The Kier molecular flexibility index (Phi) is 4.06. The van der Waals surface area contributed by atoms with Gasteiger partial charge < -0.3 is 19.5 Å². The van der Waals surface area contributed by atoms with E-state index in [0.29, 0.717) is 17.7 Å². The van der Waals surface area contributed by atoms with E-state index in [1.165, 1.54) is 0 Å². The normalized spacial score (nSPS) is 29.6. The molecule has 3 rings (SSSR count). The Labute approximate surface area is 124 Å². The van der Waals surface area contributed by atoms with Crippen LogP contribution < -0.4 is 10.1 Å². The quantitative estimate of drug-likeness (QED) is 0.930. The van der Waals surface area contributed by atoms with Crippen molar-refractivity contribution in [2.24, 2.45) is 0 Å². The topological polar surface area (TPSA) is 39.7 Å². The lowest BCUT2D eigenvalue weighted by atomic mass is 9.89. The predicted molar refractivity (Wildman–Crippen MR) is 78.8 cm³/mol. The molecule has 2 unspecified atom stereocenters. The summed E-state index contributed by atoms with van der Waals surface area (Å²) in [6.45, 7) is 2.27. The van der Waals surface area contributed by atoms with Gasteiger partial charge in [-0.25, -0.2) is 0 Å². The van der Waals surface area contributed by atoms with Crippen molar-refractivity contribution in [3.63, 3.8) is 0 Å². The second kappa shape index (κ2) is 5.80. The summed E-state index contributed by atoms with van der Waals surface area (Å²) in [6, 6.07) is 5.99. The number of anilines is 1. The zero-order chi connectivity index (χ0) is 14.0. The predicted octanol–water partition coefficient (Wildman–Crippen LogP) is 3.10. The van der Waals surface area contributed by atoms with E-state index in [9.17, 15) is 0 Å². The molecule has 0 bridgehead atoms. The van der Waals surface area contributed by atoms with E-state index in [2.05, 4.69) is 5.32 Å². The molecule has 2 saturated heterocycles. The van der Waals surface area contributed by atoms with Crippen molar-refractivity contribution in [1.29, 1.82) is 0 Å². The monoisotopic (exact) mass is 297 g/mol. The summed E-state index contributed by atoms with van der Waals surface area (Å²) in [5, 5.41) is 4.26. The van der Waals surface area contributed by atoms with Crippen molar-refractivity contribution in [3.8, 4) is 5.75 Å². The minimum absolute atomic E-state index is 0.0955. The molecule has 0 amide bonds. The Bertz CT molecular complexity index is 474. The highest BCUT2D eigenvalue weighted by atomic mass is 35.5. The molecule has 1 aromatic carbocycles. The molecule has 1 N–H and O–H groups in total. The third kappa shape index (κ3) is 2.87. The number of methoxy groups -OCH3 is 1. The minimum Gasteiger partial charge on any atom is -0.495 e. The molecule has 4 nitrogen and oxygen atoms in total. The summed E-state index contributed by atoms with van der Waals surface area (Å²) in [5.74, 6) is 0.817. The lowest BCUT2D eigenvalue weighted by molar-refractivity contribution is -0.0828. The van der Waals surface area contributed by atoms with Gasteiger partial charge in [0.2, 0.25) is 0 Å². The molecular formula is C15H20ClNO3. The van der Waals surface area contributed by atoms with Gasteiger partial charge in [-0.2, -0.15) is 0 Å². The van der Waals surface area contributed by atoms with E-state index in [0.717, 1.165) is 43.9 Å². The average Bonchev–Trinajstić information content (AvgIpc) is 2.87. The number of benzene rings is 1. The molecule has 2 aliphatic rings. The highest BCUT2D eigenvalue weighted by Crippen LogP contribution is 2.36. The second-order valence-electron chi connectivity index (χ2n) is 5.51. The molecule has 20 heavy (non-hydrogen) atoms. The molecule has 110 valence electrons. The largest absolute Gasteiger partial charge is 0.495 e. The molecule has 2 heterocycles. The van der Waals surface area contributed by atoms with Crippen molar-refractivity contribution in [3.05, 3.63) is 23.2 Å². The van der Waals surface area contributed by atoms with Gasteiger partial charge in [-0.1, -0.05) is 11.6 Å². The van der Waals surface area contributed by atoms with E-state index >= 15 is 0 Å². The number of hydrogen-bond donors (Lipinski definition) is 1. The van der Waals surface area contributed by atoms with Crippen LogP contribution in [0.5, 0.6) is 5.75 Å².